The van der Waals surface area contributed by atoms with E-state index >= 15 is 0 Å². The number of aromatic nitrogens is 4. The van der Waals surface area contributed by atoms with E-state index in [2.05, 4.69) is 19.9 Å². The van der Waals surface area contributed by atoms with Gasteiger partial charge in [0.15, 0.2) is 0 Å². The first-order valence-corrected chi connectivity index (χ1v) is 6.71. The van der Waals surface area contributed by atoms with Crippen LogP contribution in [0.1, 0.15) is 22.9 Å². The van der Waals surface area contributed by atoms with E-state index in [4.69, 9.17) is 11.6 Å². The van der Waals surface area contributed by atoms with E-state index in [0.717, 1.165) is 33.8 Å². The van der Waals surface area contributed by atoms with Crippen molar-refractivity contribution in [3.05, 3.63) is 58.5 Å². The van der Waals surface area contributed by atoms with Crippen molar-refractivity contribution in [1.82, 2.24) is 19.9 Å². The van der Waals surface area contributed by atoms with Gasteiger partial charge >= 0.3 is 0 Å². The summed E-state index contributed by atoms with van der Waals surface area (Å²) in [7, 11) is 0. The quantitative estimate of drug-likeness (QED) is 0.725. The number of hydrogen-bond acceptors (Lipinski definition) is 4. The first kappa shape index (κ1) is 12.9. The Kier molecular flexibility index (Phi) is 3.32. The molecule has 2 aromatic heterocycles. The molecule has 3 rings (SSSR count). The van der Waals surface area contributed by atoms with E-state index in [1.807, 2.05) is 38.1 Å². The van der Waals surface area contributed by atoms with Crippen LogP contribution in [0, 0.1) is 13.8 Å². The van der Waals surface area contributed by atoms with Gasteiger partial charge in [-0.15, -0.1) is 0 Å². The maximum atomic E-state index is 6.30. The van der Waals surface area contributed by atoms with Gasteiger partial charge in [-0.25, -0.2) is 19.9 Å². The number of fused-ring (bicyclic) bond motifs is 1. The fourth-order valence-corrected chi connectivity index (χ4v) is 2.40. The van der Waals surface area contributed by atoms with Gasteiger partial charge in [0, 0.05) is 11.8 Å². The molecule has 0 fully saturated rings. The minimum Gasteiger partial charge on any atom is -0.240 e. The van der Waals surface area contributed by atoms with E-state index < -0.39 is 0 Å². The molecule has 0 spiro atoms. The van der Waals surface area contributed by atoms with Crippen LogP contribution < -0.4 is 0 Å². The molecule has 0 amide bonds. The first-order valence-electron chi connectivity index (χ1n) is 6.33. The average Bonchev–Trinajstić information content (AvgIpc) is 2.44. The Morgan fingerprint density at radius 1 is 1.00 bits per heavy atom. The van der Waals surface area contributed by atoms with Crippen LogP contribution in [-0.4, -0.2) is 19.9 Å². The highest BCUT2D eigenvalue weighted by Gasteiger charge is 2.11. The lowest BCUT2D eigenvalue weighted by atomic mass is 10.1. The molecule has 0 aliphatic heterocycles. The third-order valence-corrected chi connectivity index (χ3v) is 3.65. The molecule has 0 N–H and O–H groups in total. The first-order chi connectivity index (χ1) is 9.65. The molecule has 0 aliphatic rings. The molecule has 100 valence electrons. The zero-order valence-corrected chi connectivity index (χ0v) is 12.0. The number of nitrogens with zero attached hydrogens (tertiary/aromatic N) is 4. The molecule has 5 heteroatoms. The van der Waals surface area contributed by atoms with E-state index in [1.165, 1.54) is 0 Å². The van der Waals surface area contributed by atoms with Gasteiger partial charge in [-0.1, -0.05) is 29.8 Å². The van der Waals surface area contributed by atoms with Crippen molar-refractivity contribution in [1.29, 1.82) is 0 Å². The molecule has 4 nitrogen and oxygen atoms in total. The standard InChI is InChI=1S/C15H13ClN4/c1-9-15(16)14(20-10(2)19-9)7-13-11-5-3-4-6-12(11)17-8-18-13/h3-6,8H,7H2,1-2H3. The molecule has 1 aromatic carbocycles. The minimum absolute atomic E-state index is 0.575. The van der Waals surface area contributed by atoms with Gasteiger partial charge in [-0.2, -0.15) is 0 Å². The minimum atomic E-state index is 0.575. The van der Waals surface area contributed by atoms with Crippen molar-refractivity contribution < 1.29 is 0 Å². The molecule has 0 unspecified atom stereocenters. The molecular weight excluding hydrogens is 272 g/mol. The second-order valence-corrected chi connectivity index (χ2v) is 5.01. The van der Waals surface area contributed by atoms with Gasteiger partial charge in [0.1, 0.15) is 12.2 Å². The van der Waals surface area contributed by atoms with Gasteiger partial charge < -0.3 is 0 Å². The highest BCUT2D eigenvalue weighted by Crippen LogP contribution is 2.22. The maximum Gasteiger partial charge on any atom is 0.125 e. The Hall–Kier alpha value is -2.07. The maximum absolute atomic E-state index is 6.30. The van der Waals surface area contributed by atoms with E-state index in [1.54, 1.807) is 6.33 Å². The van der Waals surface area contributed by atoms with Crippen molar-refractivity contribution >= 4 is 22.5 Å². The Morgan fingerprint density at radius 2 is 1.80 bits per heavy atom. The van der Waals surface area contributed by atoms with Gasteiger partial charge in [0.25, 0.3) is 0 Å². The Bertz CT molecular complexity index is 781. The highest BCUT2D eigenvalue weighted by molar-refractivity contribution is 6.31. The van der Waals surface area contributed by atoms with Crippen LogP contribution >= 0.6 is 11.6 Å². The van der Waals surface area contributed by atoms with E-state index in [0.29, 0.717) is 11.4 Å². The predicted molar refractivity (Wildman–Crippen MR) is 78.9 cm³/mol. The van der Waals surface area contributed by atoms with Crippen LogP contribution in [0.5, 0.6) is 0 Å². The zero-order chi connectivity index (χ0) is 14.1. The Labute approximate surface area is 121 Å². The lowest BCUT2D eigenvalue weighted by Gasteiger charge is -2.08. The summed E-state index contributed by atoms with van der Waals surface area (Å²) < 4.78 is 0. The van der Waals surface area contributed by atoms with Crippen molar-refractivity contribution in [3.8, 4) is 0 Å². The zero-order valence-electron chi connectivity index (χ0n) is 11.3. The largest absolute Gasteiger partial charge is 0.240 e. The predicted octanol–water partition coefficient (Wildman–Crippen LogP) is 3.28. The van der Waals surface area contributed by atoms with E-state index in [9.17, 15) is 0 Å². The molecule has 0 bridgehead atoms. The molecule has 2 heterocycles. The Balaban J connectivity index is 2.10. The molecule has 20 heavy (non-hydrogen) atoms. The summed E-state index contributed by atoms with van der Waals surface area (Å²) in [6.07, 6.45) is 2.15. The normalized spacial score (nSPS) is 10.9. The number of benzene rings is 1. The molecule has 3 aromatic rings. The molecule has 0 saturated carbocycles. The fraction of sp³-hybridized carbons (Fsp3) is 0.200. The molecule has 0 aliphatic carbocycles. The average molecular weight is 285 g/mol. The van der Waals surface area contributed by atoms with Gasteiger partial charge in [0.05, 0.1) is 27.6 Å². The van der Waals surface area contributed by atoms with Gasteiger partial charge in [-0.3, -0.25) is 0 Å². The molecular formula is C15H13ClN4. The third kappa shape index (κ3) is 2.34. The van der Waals surface area contributed by atoms with Crippen molar-refractivity contribution in [2.24, 2.45) is 0 Å². The van der Waals surface area contributed by atoms with Crippen LogP contribution in [-0.2, 0) is 6.42 Å². The summed E-state index contributed by atoms with van der Waals surface area (Å²) in [5.41, 5.74) is 3.46. The monoisotopic (exact) mass is 284 g/mol. The number of aryl methyl sites for hydroxylation is 2. The number of hydrogen-bond donors (Lipinski definition) is 0. The summed E-state index contributed by atoms with van der Waals surface area (Å²) in [6.45, 7) is 3.75. The lowest BCUT2D eigenvalue weighted by molar-refractivity contribution is 0.927. The summed E-state index contributed by atoms with van der Waals surface area (Å²) >= 11 is 6.30. The number of para-hydroxylation sites is 1. The van der Waals surface area contributed by atoms with Crippen LogP contribution in [0.25, 0.3) is 10.9 Å². The highest BCUT2D eigenvalue weighted by atomic mass is 35.5. The second-order valence-electron chi connectivity index (χ2n) is 4.63. The van der Waals surface area contributed by atoms with Gasteiger partial charge in [-0.05, 0) is 19.9 Å². The van der Waals surface area contributed by atoms with Crippen LogP contribution in [0.2, 0.25) is 5.02 Å². The fourth-order valence-electron chi connectivity index (χ4n) is 2.25. The summed E-state index contributed by atoms with van der Waals surface area (Å²) in [5.74, 6) is 0.722. The summed E-state index contributed by atoms with van der Waals surface area (Å²) in [5, 5.41) is 1.64. The van der Waals surface area contributed by atoms with Crippen LogP contribution in [0.3, 0.4) is 0 Å². The van der Waals surface area contributed by atoms with Crippen molar-refractivity contribution in [3.63, 3.8) is 0 Å². The van der Waals surface area contributed by atoms with E-state index in [-0.39, 0.29) is 0 Å². The van der Waals surface area contributed by atoms with Gasteiger partial charge in [0.2, 0.25) is 0 Å². The lowest BCUT2D eigenvalue weighted by Crippen LogP contribution is -2.03. The third-order valence-electron chi connectivity index (χ3n) is 3.16. The second kappa shape index (κ2) is 5.13. The molecule has 0 saturated heterocycles. The topological polar surface area (TPSA) is 51.6 Å². The smallest absolute Gasteiger partial charge is 0.125 e. The van der Waals surface area contributed by atoms with Crippen molar-refractivity contribution in [2.45, 2.75) is 20.3 Å². The number of rotatable bonds is 2. The van der Waals surface area contributed by atoms with Crippen molar-refractivity contribution in [2.75, 3.05) is 0 Å². The Morgan fingerprint density at radius 3 is 2.65 bits per heavy atom. The summed E-state index contributed by atoms with van der Waals surface area (Å²) in [6, 6.07) is 7.93. The molecule has 0 radical (unpaired) electrons. The number of halogens is 1. The summed E-state index contributed by atoms with van der Waals surface area (Å²) in [4.78, 5) is 17.3. The SMILES string of the molecule is Cc1nc(C)c(Cl)c(Cc2ncnc3ccccc23)n1. The van der Waals surface area contributed by atoms with Crippen LogP contribution in [0.15, 0.2) is 30.6 Å². The van der Waals surface area contributed by atoms with Crippen LogP contribution in [0.4, 0.5) is 0 Å². The molecule has 0 atom stereocenters.